The summed E-state index contributed by atoms with van der Waals surface area (Å²) < 4.78 is 10.7. The molecule has 7 nitrogen and oxygen atoms in total. The van der Waals surface area contributed by atoms with Crippen LogP contribution in [0.1, 0.15) is 33.6 Å². The Bertz CT molecular complexity index is 1270. The van der Waals surface area contributed by atoms with Crippen molar-refractivity contribution in [1.29, 1.82) is 0 Å². The van der Waals surface area contributed by atoms with E-state index in [0.29, 0.717) is 29.9 Å². The Morgan fingerprint density at radius 2 is 2.00 bits per heavy atom. The number of nitrogens with zero attached hydrogens (tertiary/aromatic N) is 3. The van der Waals surface area contributed by atoms with Crippen molar-refractivity contribution >= 4 is 33.3 Å². The highest BCUT2D eigenvalue weighted by Crippen LogP contribution is 2.43. The number of aromatic nitrogens is 2. The zero-order chi connectivity index (χ0) is 24.5. The number of fused-ring (bicyclic) bond motifs is 3. The second kappa shape index (κ2) is 9.85. The molecule has 0 spiro atoms. The van der Waals surface area contributed by atoms with Crippen LogP contribution in [0.15, 0.2) is 36.7 Å². The number of aryl methyl sites for hydroxylation is 1. The monoisotopic (exact) mass is 492 g/mol. The summed E-state index contributed by atoms with van der Waals surface area (Å²) in [6.45, 7) is 3.50. The van der Waals surface area contributed by atoms with Gasteiger partial charge < -0.3 is 19.7 Å². The molecule has 1 saturated carbocycles. The second-order valence-electron chi connectivity index (χ2n) is 9.55. The van der Waals surface area contributed by atoms with E-state index in [0.717, 1.165) is 50.9 Å². The summed E-state index contributed by atoms with van der Waals surface area (Å²) >= 11 is 1.45. The Hall–Kier alpha value is -3.13. The number of amides is 1. The number of likely N-dealkylation sites (N-methyl/N-ethyl adjacent to an activating group) is 1. The van der Waals surface area contributed by atoms with Crippen molar-refractivity contribution in [1.82, 2.24) is 14.9 Å². The number of hydrogen-bond donors (Lipinski definition) is 1. The number of thiophene rings is 1. The van der Waals surface area contributed by atoms with Gasteiger partial charge in [-0.25, -0.2) is 9.97 Å². The Morgan fingerprint density at radius 3 is 2.71 bits per heavy atom. The van der Waals surface area contributed by atoms with E-state index in [-0.39, 0.29) is 5.91 Å². The molecule has 2 aliphatic carbocycles. The van der Waals surface area contributed by atoms with E-state index in [9.17, 15) is 4.79 Å². The van der Waals surface area contributed by atoms with Crippen LogP contribution in [0.4, 0.5) is 5.82 Å². The molecule has 1 amide bonds. The van der Waals surface area contributed by atoms with Crippen LogP contribution in [0.3, 0.4) is 0 Å². The van der Waals surface area contributed by atoms with Crippen LogP contribution in [0.25, 0.3) is 10.2 Å². The van der Waals surface area contributed by atoms with Gasteiger partial charge in [-0.15, -0.1) is 11.3 Å². The maximum absolute atomic E-state index is 13.4. The van der Waals surface area contributed by atoms with Crippen molar-refractivity contribution < 1.29 is 14.3 Å². The molecule has 2 bridgehead atoms. The van der Waals surface area contributed by atoms with Crippen LogP contribution < -0.4 is 14.8 Å². The molecular formula is C27H32N4O3S. The lowest BCUT2D eigenvalue weighted by Gasteiger charge is -2.19. The zero-order valence-corrected chi connectivity index (χ0v) is 21.5. The molecule has 5 rings (SSSR count). The van der Waals surface area contributed by atoms with Gasteiger partial charge in [0.1, 0.15) is 17.0 Å². The largest absolute Gasteiger partial charge is 0.493 e. The van der Waals surface area contributed by atoms with Gasteiger partial charge in [-0.1, -0.05) is 18.2 Å². The normalized spacial score (nSPS) is 20.4. The van der Waals surface area contributed by atoms with E-state index in [4.69, 9.17) is 9.47 Å². The first-order chi connectivity index (χ1) is 17.0. The van der Waals surface area contributed by atoms with E-state index in [2.05, 4.69) is 27.4 Å². The molecule has 3 atom stereocenters. The first-order valence-electron chi connectivity index (χ1n) is 12.1. The fraction of sp³-hybridized carbons (Fsp3) is 0.444. The minimum Gasteiger partial charge on any atom is -0.493 e. The predicted octanol–water partition coefficient (Wildman–Crippen LogP) is 4.96. The lowest BCUT2D eigenvalue weighted by atomic mass is 9.93. The summed E-state index contributed by atoms with van der Waals surface area (Å²) in [6, 6.07) is 5.86. The molecule has 8 heteroatoms. The Morgan fingerprint density at radius 1 is 1.17 bits per heavy atom. The topological polar surface area (TPSA) is 76.6 Å². The van der Waals surface area contributed by atoms with Crippen molar-refractivity contribution in [3.05, 3.63) is 52.7 Å². The van der Waals surface area contributed by atoms with E-state index in [1.54, 1.807) is 25.4 Å². The number of ether oxygens (including phenoxy) is 2. The first-order valence-corrected chi connectivity index (χ1v) is 12.9. The molecule has 2 aliphatic rings. The molecule has 3 aromatic rings. The van der Waals surface area contributed by atoms with Gasteiger partial charge in [0.2, 0.25) is 0 Å². The molecule has 2 aromatic heterocycles. The van der Waals surface area contributed by atoms with Crippen molar-refractivity contribution in [2.45, 2.75) is 26.2 Å². The number of rotatable bonds is 9. The number of anilines is 1. The number of allylic oxidation sites excluding steroid dienone is 2. The average Bonchev–Trinajstić information content (AvgIpc) is 3.60. The second-order valence-corrected chi connectivity index (χ2v) is 10.5. The summed E-state index contributed by atoms with van der Waals surface area (Å²) in [4.78, 5) is 25.7. The minimum atomic E-state index is 0.00941. The van der Waals surface area contributed by atoms with Crippen molar-refractivity contribution in [3.8, 4) is 11.5 Å². The minimum absolute atomic E-state index is 0.00941. The number of carbonyl (C=O) groups is 1. The van der Waals surface area contributed by atoms with E-state index in [1.807, 2.05) is 32.2 Å². The molecule has 2 heterocycles. The van der Waals surface area contributed by atoms with Gasteiger partial charge in [-0.2, -0.15) is 0 Å². The van der Waals surface area contributed by atoms with E-state index in [1.165, 1.54) is 24.2 Å². The maximum Gasteiger partial charge on any atom is 0.264 e. The highest BCUT2D eigenvalue weighted by molar-refractivity contribution is 7.20. The fourth-order valence-electron chi connectivity index (χ4n) is 5.37. The van der Waals surface area contributed by atoms with Gasteiger partial charge in [-0.3, -0.25) is 4.79 Å². The molecule has 0 saturated heterocycles. The third-order valence-corrected chi connectivity index (χ3v) is 8.59. The number of nitrogens with one attached hydrogen (secondary N) is 1. The van der Waals surface area contributed by atoms with Crippen LogP contribution in [-0.4, -0.2) is 55.1 Å². The van der Waals surface area contributed by atoms with Crippen LogP contribution in [0.5, 0.6) is 11.5 Å². The van der Waals surface area contributed by atoms with Crippen LogP contribution in [0, 0.1) is 24.7 Å². The molecule has 184 valence electrons. The van der Waals surface area contributed by atoms with Gasteiger partial charge in [0.25, 0.3) is 5.91 Å². The lowest BCUT2D eigenvalue weighted by molar-refractivity contribution is 0.0801. The van der Waals surface area contributed by atoms with Gasteiger partial charge in [0.05, 0.1) is 24.5 Å². The Kier molecular flexibility index (Phi) is 6.65. The van der Waals surface area contributed by atoms with Gasteiger partial charge in [0.15, 0.2) is 11.5 Å². The molecular weight excluding hydrogens is 460 g/mol. The van der Waals surface area contributed by atoms with Crippen molar-refractivity contribution in [2.75, 3.05) is 39.7 Å². The van der Waals surface area contributed by atoms with Crippen LogP contribution in [-0.2, 0) is 6.42 Å². The SMILES string of the molecule is COc1ccc(CCN(C)C(=O)c2sc3ncnc(NC[C@H]4C[C@@H]5C=C[C@H]4C5)c3c2C)cc1OC. The van der Waals surface area contributed by atoms with Gasteiger partial charge in [-0.05, 0) is 67.2 Å². The van der Waals surface area contributed by atoms with Crippen molar-refractivity contribution in [2.24, 2.45) is 17.8 Å². The molecule has 1 N–H and O–H groups in total. The smallest absolute Gasteiger partial charge is 0.264 e. The standard InChI is InChI=1S/C27H32N4O3S/c1-16-23-25(28-14-20-12-18-5-7-19(20)11-18)29-15-30-26(23)35-24(16)27(32)31(2)10-9-17-6-8-21(33-3)22(13-17)34-4/h5-8,13,15,18-20H,9-12,14H2,1-4H3,(H,28,29,30)/t18-,19+,20-/m1/s1. The van der Waals surface area contributed by atoms with Crippen LogP contribution in [0.2, 0.25) is 0 Å². The highest BCUT2D eigenvalue weighted by atomic mass is 32.1. The summed E-state index contributed by atoms with van der Waals surface area (Å²) in [6.07, 6.45) is 9.59. The number of carbonyl (C=O) groups excluding carboxylic acids is 1. The van der Waals surface area contributed by atoms with E-state index < -0.39 is 0 Å². The van der Waals surface area contributed by atoms with Crippen molar-refractivity contribution in [3.63, 3.8) is 0 Å². The molecule has 0 unspecified atom stereocenters. The molecule has 35 heavy (non-hydrogen) atoms. The lowest BCUT2D eigenvalue weighted by Crippen LogP contribution is -2.28. The molecule has 0 aliphatic heterocycles. The van der Waals surface area contributed by atoms with Crippen LogP contribution >= 0.6 is 11.3 Å². The average molecular weight is 493 g/mol. The molecule has 1 fully saturated rings. The third kappa shape index (κ3) is 4.59. The highest BCUT2D eigenvalue weighted by Gasteiger charge is 2.35. The van der Waals surface area contributed by atoms with E-state index >= 15 is 0 Å². The zero-order valence-electron chi connectivity index (χ0n) is 20.7. The predicted molar refractivity (Wildman–Crippen MR) is 140 cm³/mol. The van der Waals surface area contributed by atoms with Gasteiger partial charge in [0, 0.05) is 20.1 Å². The summed E-state index contributed by atoms with van der Waals surface area (Å²) in [7, 11) is 5.10. The Balaban J connectivity index is 1.28. The number of benzene rings is 1. The fourth-order valence-corrected chi connectivity index (χ4v) is 6.52. The third-order valence-electron chi connectivity index (χ3n) is 7.40. The molecule has 0 radical (unpaired) electrons. The maximum atomic E-state index is 13.4. The summed E-state index contributed by atoms with van der Waals surface area (Å²) in [5.74, 6) is 4.32. The molecule has 1 aromatic carbocycles. The number of methoxy groups -OCH3 is 2. The number of hydrogen-bond acceptors (Lipinski definition) is 7. The Labute approximate surface area is 210 Å². The quantitative estimate of drug-likeness (QED) is 0.426. The summed E-state index contributed by atoms with van der Waals surface area (Å²) in [5, 5.41) is 4.54. The summed E-state index contributed by atoms with van der Waals surface area (Å²) in [5.41, 5.74) is 2.03. The first kappa shape index (κ1) is 23.6. The van der Waals surface area contributed by atoms with Gasteiger partial charge >= 0.3 is 0 Å².